The van der Waals surface area contributed by atoms with Crippen molar-refractivity contribution in [3.63, 3.8) is 0 Å². The molecule has 0 unspecified atom stereocenters. The molecule has 5 heteroatoms. The molecule has 1 aromatic rings. The van der Waals surface area contributed by atoms with E-state index in [1.165, 1.54) is 11.1 Å². The molecule has 1 amide bonds. The topological polar surface area (TPSA) is 56.7 Å². The first-order valence-electron chi connectivity index (χ1n) is 8.49. The van der Waals surface area contributed by atoms with Crippen LogP contribution < -0.4 is 10.6 Å². The number of fused-ring (bicyclic) bond motifs is 1. The Morgan fingerprint density at radius 1 is 1.30 bits per heavy atom. The quantitative estimate of drug-likeness (QED) is 0.644. The number of rotatable bonds is 5. The molecule has 1 aliphatic heterocycles. The first-order valence-corrected chi connectivity index (χ1v) is 8.49. The van der Waals surface area contributed by atoms with Crippen molar-refractivity contribution in [3.8, 4) is 0 Å². The van der Waals surface area contributed by atoms with Crippen molar-refractivity contribution in [2.75, 3.05) is 19.6 Å². The van der Waals surface area contributed by atoms with E-state index in [0.717, 1.165) is 32.0 Å². The predicted octanol–water partition coefficient (Wildman–Crippen LogP) is 1.92. The fraction of sp³-hybridized carbons (Fsp3) is 0.556. The average molecular weight is 316 g/mol. The number of benzene rings is 1. The summed E-state index contributed by atoms with van der Waals surface area (Å²) < 4.78 is 0. The zero-order valence-electron chi connectivity index (χ0n) is 14.4. The van der Waals surface area contributed by atoms with Gasteiger partial charge >= 0.3 is 0 Å². The predicted molar refractivity (Wildman–Crippen MR) is 94.4 cm³/mol. The molecule has 0 spiro atoms. The second-order valence-electron chi connectivity index (χ2n) is 6.15. The van der Waals surface area contributed by atoms with E-state index in [9.17, 15) is 4.79 Å². The third kappa shape index (κ3) is 5.27. The molecule has 0 saturated heterocycles. The Morgan fingerprint density at radius 3 is 2.74 bits per heavy atom. The van der Waals surface area contributed by atoms with Gasteiger partial charge in [-0.3, -0.25) is 9.79 Å². The SMILES string of the molecule is CCNC(=NCCC(=O)NC(C)C)N1CCc2ccccc2C1. The van der Waals surface area contributed by atoms with Crippen LogP contribution in [0.15, 0.2) is 29.3 Å². The van der Waals surface area contributed by atoms with Gasteiger partial charge in [0, 0.05) is 32.1 Å². The summed E-state index contributed by atoms with van der Waals surface area (Å²) in [5, 5.41) is 6.24. The van der Waals surface area contributed by atoms with Crippen LogP contribution in [0.4, 0.5) is 0 Å². The molecule has 2 N–H and O–H groups in total. The summed E-state index contributed by atoms with van der Waals surface area (Å²) >= 11 is 0. The third-order valence-corrected chi connectivity index (χ3v) is 3.82. The monoisotopic (exact) mass is 316 g/mol. The fourth-order valence-corrected chi connectivity index (χ4v) is 2.76. The zero-order chi connectivity index (χ0) is 16.7. The van der Waals surface area contributed by atoms with Gasteiger partial charge in [-0.05, 0) is 38.3 Å². The van der Waals surface area contributed by atoms with Gasteiger partial charge in [-0.2, -0.15) is 0 Å². The summed E-state index contributed by atoms with van der Waals surface area (Å²) in [5.41, 5.74) is 2.79. The van der Waals surface area contributed by atoms with Crippen molar-refractivity contribution in [2.45, 2.75) is 46.2 Å². The van der Waals surface area contributed by atoms with Crippen molar-refractivity contribution >= 4 is 11.9 Å². The standard InChI is InChI=1S/C18H28N4O/c1-4-19-18(20-11-9-17(23)21-14(2)3)22-12-10-15-7-5-6-8-16(15)13-22/h5-8,14H,4,9-13H2,1-3H3,(H,19,20)(H,21,23). The molecule has 0 aliphatic carbocycles. The number of nitrogens with one attached hydrogen (secondary N) is 2. The van der Waals surface area contributed by atoms with Gasteiger partial charge in [0.25, 0.3) is 0 Å². The van der Waals surface area contributed by atoms with Crippen LogP contribution in [0.3, 0.4) is 0 Å². The molecular weight excluding hydrogens is 288 g/mol. The van der Waals surface area contributed by atoms with Crippen molar-refractivity contribution in [3.05, 3.63) is 35.4 Å². The van der Waals surface area contributed by atoms with E-state index in [4.69, 9.17) is 0 Å². The molecule has 0 atom stereocenters. The number of carbonyl (C=O) groups excluding carboxylic acids is 1. The van der Waals surface area contributed by atoms with Crippen LogP contribution in [-0.4, -0.2) is 42.4 Å². The maximum atomic E-state index is 11.7. The molecule has 0 saturated carbocycles. The summed E-state index contributed by atoms with van der Waals surface area (Å²) in [5.74, 6) is 0.961. The van der Waals surface area contributed by atoms with E-state index in [0.29, 0.717) is 13.0 Å². The van der Waals surface area contributed by atoms with Gasteiger partial charge in [-0.25, -0.2) is 0 Å². The lowest BCUT2D eigenvalue weighted by atomic mass is 10.0. The van der Waals surface area contributed by atoms with Crippen molar-refractivity contribution in [2.24, 2.45) is 4.99 Å². The van der Waals surface area contributed by atoms with Crippen LogP contribution in [-0.2, 0) is 17.8 Å². The number of hydrogen-bond acceptors (Lipinski definition) is 2. The lowest BCUT2D eigenvalue weighted by Gasteiger charge is -2.31. The highest BCUT2D eigenvalue weighted by atomic mass is 16.1. The summed E-state index contributed by atoms with van der Waals surface area (Å²) in [6.45, 7) is 9.18. The Hall–Kier alpha value is -2.04. The molecule has 126 valence electrons. The van der Waals surface area contributed by atoms with Crippen LogP contribution in [0.2, 0.25) is 0 Å². The molecule has 0 aromatic heterocycles. The molecule has 2 rings (SSSR count). The fourth-order valence-electron chi connectivity index (χ4n) is 2.76. The molecule has 0 radical (unpaired) electrons. The van der Waals surface area contributed by atoms with Crippen molar-refractivity contribution in [1.82, 2.24) is 15.5 Å². The van der Waals surface area contributed by atoms with Gasteiger partial charge in [0.05, 0.1) is 6.54 Å². The summed E-state index contributed by atoms with van der Waals surface area (Å²) in [7, 11) is 0. The normalized spacial score (nSPS) is 14.6. The minimum absolute atomic E-state index is 0.0589. The molecule has 1 heterocycles. The summed E-state index contributed by atoms with van der Waals surface area (Å²) in [6, 6.07) is 8.75. The zero-order valence-corrected chi connectivity index (χ0v) is 14.4. The third-order valence-electron chi connectivity index (χ3n) is 3.82. The molecule has 0 fully saturated rings. The van der Waals surface area contributed by atoms with E-state index >= 15 is 0 Å². The first kappa shape index (κ1) is 17.3. The molecule has 1 aromatic carbocycles. The number of amides is 1. The molecule has 0 bridgehead atoms. The maximum Gasteiger partial charge on any atom is 0.222 e. The van der Waals surface area contributed by atoms with Gasteiger partial charge < -0.3 is 15.5 Å². The van der Waals surface area contributed by atoms with Crippen LogP contribution >= 0.6 is 0 Å². The number of carbonyl (C=O) groups is 1. The highest BCUT2D eigenvalue weighted by Crippen LogP contribution is 2.18. The number of aliphatic imine (C=N–C) groups is 1. The second-order valence-corrected chi connectivity index (χ2v) is 6.15. The number of hydrogen-bond donors (Lipinski definition) is 2. The Bertz CT molecular complexity index is 554. The van der Waals surface area contributed by atoms with Crippen LogP contribution in [0.25, 0.3) is 0 Å². The molecule has 1 aliphatic rings. The smallest absolute Gasteiger partial charge is 0.222 e. The minimum atomic E-state index is 0.0589. The second kappa shape index (κ2) is 8.56. The molecular formula is C18H28N4O. The van der Waals surface area contributed by atoms with Crippen LogP contribution in [0.5, 0.6) is 0 Å². The Balaban J connectivity index is 1.96. The van der Waals surface area contributed by atoms with E-state index in [-0.39, 0.29) is 11.9 Å². The first-order chi connectivity index (χ1) is 11.1. The van der Waals surface area contributed by atoms with Crippen molar-refractivity contribution < 1.29 is 4.79 Å². The number of guanidine groups is 1. The average Bonchev–Trinajstić information content (AvgIpc) is 2.53. The minimum Gasteiger partial charge on any atom is -0.357 e. The largest absolute Gasteiger partial charge is 0.357 e. The van der Waals surface area contributed by atoms with Gasteiger partial charge in [0.1, 0.15) is 0 Å². The molecule has 23 heavy (non-hydrogen) atoms. The van der Waals surface area contributed by atoms with E-state index in [1.807, 2.05) is 13.8 Å². The Kier molecular flexibility index (Phi) is 6.44. The summed E-state index contributed by atoms with van der Waals surface area (Å²) in [6.07, 6.45) is 1.46. The van der Waals surface area contributed by atoms with Crippen molar-refractivity contribution in [1.29, 1.82) is 0 Å². The van der Waals surface area contributed by atoms with Gasteiger partial charge in [-0.1, -0.05) is 24.3 Å². The Morgan fingerprint density at radius 2 is 2.04 bits per heavy atom. The lowest BCUT2D eigenvalue weighted by molar-refractivity contribution is -0.121. The highest BCUT2D eigenvalue weighted by Gasteiger charge is 2.18. The maximum absolute atomic E-state index is 11.7. The Labute approximate surface area is 139 Å². The van der Waals surface area contributed by atoms with E-state index in [1.54, 1.807) is 0 Å². The van der Waals surface area contributed by atoms with Gasteiger partial charge in [0.2, 0.25) is 5.91 Å². The molecule has 5 nitrogen and oxygen atoms in total. The summed E-state index contributed by atoms with van der Waals surface area (Å²) in [4.78, 5) is 18.6. The van der Waals surface area contributed by atoms with Crippen LogP contribution in [0.1, 0.15) is 38.3 Å². The highest BCUT2D eigenvalue weighted by molar-refractivity contribution is 5.81. The van der Waals surface area contributed by atoms with Gasteiger partial charge in [0.15, 0.2) is 5.96 Å². The van der Waals surface area contributed by atoms with Crippen LogP contribution in [0, 0.1) is 0 Å². The lowest BCUT2D eigenvalue weighted by Crippen LogP contribution is -2.44. The van der Waals surface area contributed by atoms with E-state index in [2.05, 4.69) is 51.7 Å². The van der Waals surface area contributed by atoms with E-state index < -0.39 is 0 Å². The number of nitrogens with zero attached hydrogens (tertiary/aromatic N) is 2. The van der Waals surface area contributed by atoms with Gasteiger partial charge in [-0.15, -0.1) is 0 Å².